The van der Waals surface area contributed by atoms with Gasteiger partial charge in [-0.3, -0.25) is 0 Å². The molecule has 0 saturated heterocycles. The molecule has 1 aromatic heterocycles. The fraction of sp³-hybridized carbons (Fsp3) is 0.733. The average molecular weight is 285 g/mol. The van der Waals surface area contributed by atoms with Crippen molar-refractivity contribution < 1.29 is 4.74 Å². The van der Waals surface area contributed by atoms with E-state index in [2.05, 4.69) is 32.7 Å². The molecule has 108 valence electrons. The molecule has 0 aliphatic carbocycles. The van der Waals surface area contributed by atoms with Crippen LogP contribution < -0.4 is 0 Å². The lowest BCUT2D eigenvalue weighted by Crippen LogP contribution is -2.24. The third-order valence-electron chi connectivity index (χ3n) is 2.96. The Morgan fingerprint density at radius 2 is 2.00 bits per heavy atom. The monoisotopic (exact) mass is 284 g/mol. The lowest BCUT2D eigenvalue weighted by molar-refractivity contribution is -0.0192. The molecule has 0 aliphatic heterocycles. The van der Waals surface area contributed by atoms with Gasteiger partial charge in [0.1, 0.15) is 6.10 Å². The van der Waals surface area contributed by atoms with Crippen molar-refractivity contribution >= 4 is 11.6 Å². The van der Waals surface area contributed by atoms with Crippen molar-refractivity contribution in [3.63, 3.8) is 0 Å². The van der Waals surface area contributed by atoms with Gasteiger partial charge in [-0.05, 0) is 18.8 Å². The van der Waals surface area contributed by atoms with Gasteiger partial charge in [-0.2, -0.15) is 0 Å². The Balaban J connectivity index is 3.13. The van der Waals surface area contributed by atoms with Crippen molar-refractivity contribution in [1.29, 1.82) is 0 Å². The summed E-state index contributed by atoms with van der Waals surface area (Å²) in [6.45, 7) is 11.2. The molecule has 0 aromatic carbocycles. The first-order chi connectivity index (χ1) is 8.93. The van der Waals surface area contributed by atoms with Crippen LogP contribution >= 0.6 is 11.6 Å². The van der Waals surface area contributed by atoms with Crippen molar-refractivity contribution in [3.8, 4) is 0 Å². The highest BCUT2D eigenvalue weighted by Crippen LogP contribution is 2.34. The van der Waals surface area contributed by atoms with Crippen LogP contribution in [0.4, 0.5) is 0 Å². The number of alkyl halides is 1. The summed E-state index contributed by atoms with van der Waals surface area (Å²) in [6, 6.07) is 0. The Hall–Kier alpha value is -0.670. The van der Waals surface area contributed by atoms with Gasteiger partial charge in [-0.15, -0.1) is 11.6 Å². The van der Waals surface area contributed by atoms with E-state index < -0.39 is 0 Å². The quantitative estimate of drug-likeness (QED) is 0.731. The predicted molar refractivity (Wildman–Crippen MR) is 79.4 cm³/mol. The summed E-state index contributed by atoms with van der Waals surface area (Å²) in [6.07, 6.45) is 3.74. The molecule has 0 amide bonds. The average Bonchev–Trinajstić information content (AvgIpc) is 2.35. The van der Waals surface area contributed by atoms with Crippen molar-refractivity contribution in [3.05, 3.63) is 23.3 Å². The van der Waals surface area contributed by atoms with Crippen LogP contribution in [0.5, 0.6) is 0 Å². The molecule has 1 aromatic rings. The van der Waals surface area contributed by atoms with Crippen molar-refractivity contribution in [2.24, 2.45) is 5.41 Å². The Labute approximate surface area is 121 Å². The first-order valence-corrected chi connectivity index (χ1v) is 7.49. The molecular formula is C15H25ClN2O. The molecule has 3 nitrogen and oxygen atoms in total. The van der Waals surface area contributed by atoms with Gasteiger partial charge < -0.3 is 4.74 Å². The third-order valence-corrected chi connectivity index (χ3v) is 3.25. The molecular weight excluding hydrogens is 260 g/mol. The molecule has 1 heterocycles. The summed E-state index contributed by atoms with van der Waals surface area (Å²) < 4.78 is 5.84. The Bertz CT molecular complexity index is 402. The van der Waals surface area contributed by atoms with E-state index in [1.165, 1.54) is 0 Å². The normalized spacial score (nSPS) is 13.6. The molecule has 19 heavy (non-hydrogen) atoms. The molecule has 0 aliphatic rings. The molecule has 1 atom stereocenters. The summed E-state index contributed by atoms with van der Waals surface area (Å²) in [5.74, 6) is 1.23. The largest absolute Gasteiger partial charge is 0.370 e. The minimum atomic E-state index is -0.0857. The lowest BCUT2D eigenvalue weighted by Gasteiger charge is -2.29. The molecule has 0 bridgehead atoms. The highest BCUT2D eigenvalue weighted by atomic mass is 35.5. The zero-order chi connectivity index (χ0) is 14.5. The van der Waals surface area contributed by atoms with Crippen molar-refractivity contribution in [1.82, 2.24) is 9.97 Å². The Kier molecular flexibility index (Phi) is 6.21. The van der Waals surface area contributed by atoms with Gasteiger partial charge in [0, 0.05) is 24.1 Å². The lowest BCUT2D eigenvalue weighted by atomic mass is 9.88. The molecule has 1 unspecified atom stereocenters. The number of hydrogen-bond acceptors (Lipinski definition) is 3. The van der Waals surface area contributed by atoms with E-state index in [-0.39, 0.29) is 11.5 Å². The van der Waals surface area contributed by atoms with Crippen molar-refractivity contribution in [2.75, 3.05) is 6.61 Å². The van der Waals surface area contributed by atoms with Crippen LogP contribution in [0.1, 0.15) is 64.2 Å². The van der Waals surface area contributed by atoms with Crippen LogP contribution in [0.25, 0.3) is 0 Å². The molecule has 0 radical (unpaired) electrons. The second-order valence-corrected chi connectivity index (χ2v) is 6.05. The van der Waals surface area contributed by atoms with Gasteiger partial charge in [-0.1, -0.05) is 34.1 Å². The summed E-state index contributed by atoms with van der Waals surface area (Å²) in [5.41, 5.74) is 2.05. The summed E-state index contributed by atoms with van der Waals surface area (Å²) in [7, 11) is 0. The predicted octanol–water partition coefficient (Wildman–Crippen LogP) is 4.29. The molecule has 0 N–H and O–H groups in total. The first-order valence-electron chi connectivity index (χ1n) is 6.96. The fourth-order valence-corrected chi connectivity index (χ4v) is 2.25. The van der Waals surface area contributed by atoms with Gasteiger partial charge in [0.2, 0.25) is 0 Å². The van der Waals surface area contributed by atoms with Gasteiger partial charge in [0.15, 0.2) is 5.82 Å². The standard InChI is InChI=1S/C15H25ClN2O/c1-6-8-12-11(9-16)10-17-14(18-12)13(19-7-2)15(3,4)5/h10,13H,6-9H2,1-5H3. The number of ether oxygens (including phenoxy) is 1. The smallest absolute Gasteiger partial charge is 0.157 e. The SMILES string of the molecule is CCCc1nc(C(OCC)C(C)(C)C)ncc1CCl. The highest BCUT2D eigenvalue weighted by molar-refractivity contribution is 6.17. The number of halogens is 1. The van der Waals surface area contributed by atoms with E-state index in [9.17, 15) is 0 Å². The maximum Gasteiger partial charge on any atom is 0.157 e. The molecule has 4 heteroatoms. The number of aryl methyl sites for hydroxylation is 1. The second kappa shape index (κ2) is 7.20. The van der Waals surface area contributed by atoms with Crippen LogP contribution in [0, 0.1) is 5.41 Å². The molecule has 0 spiro atoms. The topological polar surface area (TPSA) is 35.0 Å². The molecule has 0 saturated carbocycles. The number of nitrogens with zero attached hydrogens (tertiary/aromatic N) is 2. The van der Waals surface area contributed by atoms with E-state index in [1.807, 2.05) is 13.1 Å². The maximum absolute atomic E-state index is 5.94. The molecule has 1 rings (SSSR count). The maximum atomic E-state index is 5.94. The summed E-state index contributed by atoms with van der Waals surface area (Å²) in [4.78, 5) is 9.16. The Morgan fingerprint density at radius 3 is 2.47 bits per heavy atom. The third kappa shape index (κ3) is 4.43. The Morgan fingerprint density at radius 1 is 1.32 bits per heavy atom. The van der Waals surface area contributed by atoms with E-state index in [1.54, 1.807) is 0 Å². The van der Waals surface area contributed by atoms with Gasteiger partial charge in [0.05, 0.1) is 5.88 Å². The number of rotatable bonds is 6. The second-order valence-electron chi connectivity index (χ2n) is 5.79. The van der Waals surface area contributed by atoms with E-state index >= 15 is 0 Å². The van der Waals surface area contributed by atoms with E-state index in [4.69, 9.17) is 21.3 Å². The fourth-order valence-electron chi connectivity index (χ4n) is 2.03. The van der Waals surface area contributed by atoms with Crippen LogP contribution in [0.3, 0.4) is 0 Å². The van der Waals surface area contributed by atoms with Crippen LogP contribution in [0.15, 0.2) is 6.20 Å². The summed E-state index contributed by atoms with van der Waals surface area (Å²) in [5, 5.41) is 0. The van der Waals surface area contributed by atoms with Crippen LogP contribution in [0.2, 0.25) is 0 Å². The van der Waals surface area contributed by atoms with E-state index in [0.717, 1.165) is 29.9 Å². The number of aromatic nitrogens is 2. The zero-order valence-corrected chi connectivity index (χ0v) is 13.4. The minimum Gasteiger partial charge on any atom is -0.370 e. The van der Waals surface area contributed by atoms with Gasteiger partial charge in [-0.25, -0.2) is 9.97 Å². The van der Waals surface area contributed by atoms with Crippen molar-refractivity contribution in [2.45, 2.75) is 59.4 Å². The van der Waals surface area contributed by atoms with Crippen LogP contribution in [-0.2, 0) is 17.0 Å². The number of hydrogen-bond donors (Lipinski definition) is 0. The summed E-state index contributed by atoms with van der Waals surface area (Å²) >= 11 is 5.94. The highest BCUT2D eigenvalue weighted by Gasteiger charge is 2.29. The minimum absolute atomic E-state index is 0.0258. The molecule has 0 fully saturated rings. The van der Waals surface area contributed by atoms with Gasteiger partial charge in [0.25, 0.3) is 0 Å². The van der Waals surface area contributed by atoms with Gasteiger partial charge >= 0.3 is 0 Å². The van der Waals surface area contributed by atoms with Crippen LogP contribution in [-0.4, -0.2) is 16.6 Å². The first kappa shape index (κ1) is 16.4. The van der Waals surface area contributed by atoms with E-state index in [0.29, 0.717) is 12.5 Å². The zero-order valence-electron chi connectivity index (χ0n) is 12.7.